The predicted molar refractivity (Wildman–Crippen MR) is 97.9 cm³/mol. The van der Waals surface area contributed by atoms with Crippen LogP contribution in [0.4, 0.5) is 0 Å². The summed E-state index contributed by atoms with van der Waals surface area (Å²) < 4.78 is 0. The van der Waals surface area contributed by atoms with Crippen LogP contribution in [-0.2, 0) is 4.79 Å². The van der Waals surface area contributed by atoms with Crippen molar-refractivity contribution >= 4 is 29.5 Å². The Bertz CT molecular complexity index is 675. The molecule has 136 valence electrons. The zero-order valence-electron chi connectivity index (χ0n) is 14.7. The van der Waals surface area contributed by atoms with Crippen molar-refractivity contribution in [1.29, 1.82) is 0 Å². The Morgan fingerprint density at radius 2 is 1.96 bits per heavy atom. The second kappa shape index (κ2) is 8.38. The number of thioether (sulfide) groups is 1. The van der Waals surface area contributed by atoms with Crippen molar-refractivity contribution in [2.75, 3.05) is 18.2 Å². The molecule has 1 atom stereocenters. The van der Waals surface area contributed by atoms with Crippen molar-refractivity contribution in [1.82, 2.24) is 10.2 Å². The average molecular weight is 364 g/mol. The molecule has 1 unspecified atom stereocenters. The quantitative estimate of drug-likeness (QED) is 0.809. The second-order valence-electron chi connectivity index (χ2n) is 6.66. The van der Waals surface area contributed by atoms with Gasteiger partial charge in [0.05, 0.1) is 11.4 Å². The van der Waals surface area contributed by atoms with Gasteiger partial charge in [-0.1, -0.05) is 13.8 Å². The van der Waals surface area contributed by atoms with Crippen LogP contribution in [0.25, 0.3) is 0 Å². The molecular weight excluding hydrogens is 340 g/mol. The van der Waals surface area contributed by atoms with Gasteiger partial charge in [0.1, 0.15) is 6.04 Å². The van der Waals surface area contributed by atoms with Gasteiger partial charge in [-0.05, 0) is 43.0 Å². The van der Waals surface area contributed by atoms with Crippen LogP contribution in [0, 0.1) is 12.8 Å². The number of aromatic carboxylic acids is 1. The lowest BCUT2D eigenvalue weighted by Crippen LogP contribution is -2.47. The number of carboxylic acid groups (broad SMARTS) is 1. The minimum absolute atomic E-state index is 0.0770. The molecule has 0 aromatic heterocycles. The number of hydrogen-bond acceptors (Lipinski definition) is 4. The molecule has 0 spiro atoms. The van der Waals surface area contributed by atoms with Crippen molar-refractivity contribution in [3.63, 3.8) is 0 Å². The van der Waals surface area contributed by atoms with Gasteiger partial charge >= 0.3 is 5.97 Å². The summed E-state index contributed by atoms with van der Waals surface area (Å²) in [6.45, 7) is 6.52. The third-order valence-electron chi connectivity index (χ3n) is 4.04. The van der Waals surface area contributed by atoms with E-state index in [1.165, 1.54) is 28.8 Å². The van der Waals surface area contributed by atoms with Crippen LogP contribution in [0.5, 0.6) is 0 Å². The number of nitrogens with one attached hydrogen (secondary N) is 1. The lowest BCUT2D eigenvalue weighted by Gasteiger charge is -2.23. The van der Waals surface area contributed by atoms with E-state index in [0.29, 0.717) is 35.2 Å². The summed E-state index contributed by atoms with van der Waals surface area (Å²) in [6, 6.07) is 4.03. The smallest absolute Gasteiger partial charge is 0.335 e. The molecule has 2 rings (SSSR count). The number of amides is 2. The third-order valence-corrected chi connectivity index (χ3v) is 5.05. The Balaban J connectivity index is 2.12. The SMILES string of the molecule is Cc1cc(C(=O)O)cc(C(=O)N2CSCC2C(=O)NCCC(C)C)c1. The van der Waals surface area contributed by atoms with Crippen molar-refractivity contribution < 1.29 is 19.5 Å². The Hall–Kier alpha value is -2.02. The number of aryl methyl sites for hydroxylation is 1. The molecule has 1 aromatic carbocycles. The fourth-order valence-electron chi connectivity index (χ4n) is 2.66. The van der Waals surface area contributed by atoms with Gasteiger partial charge in [-0.25, -0.2) is 4.79 Å². The van der Waals surface area contributed by atoms with Crippen molar-refractivity contribution in [3.8, 4) is 0 Å². The normalized spacial score (nSPS) is 17.0. The Kier molecular flexibility index (Phi) is 6.47. The van der Waals surface area contributed by atoms with Gasteiger partial charge in [-0.15, -0.1) is 11.8 Å². The minimum atomic E-state index is -1.07. The summed E-state index contributed by atoms with van der Waals surface area (Å²) >= 11 is 1.52. The largest absolute Gasteiger partial charge is 0.478 e. The molecule has 0 radical (unpaired) electrons. The predicted octanol–water partition coefficient (Wildman–Crippen LogP) is 2.37. The number of carboxylic acids is 1. The lowest BCUT2D eigenvalue weighted by molar-refractivity contribution is -0.124. The molecule has 0 aliphatic carbocycles. The maximum atomic E-state index is 12.8. The molecule has 6 nitrogen and oxygen atoms in total. The summed E-state index contributed by atoms with van der Waals surface area (Å²) in [5.41, 5.74) is 1.08. The summed E-state index contributed by atoms with van der Waals surface area (Å²) in [6.07, 6.45) is 0.888. The summed E-state index contributed by atoms with van der Waals surface area (Å²) in [5, 5.41) is 12.1. The van der Waals surface area contributed by atoms with Crippen LogP contribution < -0.4 is 5.32 Å². The highest BCUT2D eigenvalue weighted by molar-refractivity contribution is 7.99. The first-order chi connectivity index (χ1) is 11.8. The third kappa shape index (κ3) is 4.98. The maximum absolute atomic E-state index is 12.8. The first-order valence-electron chi connectivity index (χ1n) is 8.31. The zero-order valence-corrected chi connectivity index (χ0v) is 15.6. The molecular formula is C18H24N2O4S. The van der Waals surface area contributed by atoms with Gasteiger partial charge < -0.3 is 15.3 Å². The van der Waals surface area contributed by atoms with E-state index in [4.69, 9.17) is 5.11 Å². The fourth-order valence-corrected chi connectivity index (χ4v) is 3.81. The van der Waals surface area contributed by atoms with Gasteiger partial charge in [0.25, 0.3) is 5.91 Å². The second-order valence-corrected chi connectivity index (χ2v) is 7.66. The molecule has 1 heterocycles. The van der Waals surface area contributed by atoms with Gasteiger partial charge in [0.15, 0.2) is 0 Å². The molecule has 7 heteroatoms. The summed E-state index contributed by atoms with van der Waals surface area (Å²) in [7, 11) is 0. The zero-order chi connectivity index (χ0) is 18.6. The highest BCUT2D eigenvalue weighted by atomic mass is 32.2. The van der Waals surface area contributed by atoms with Crippen molar-refractivity contribution in [3.05, 3.63) is 34.9 Å². The lowest BCUT2D eigenvalue weighted by atomic mass is 10.0. The number of carbonyl (C=O) groups excluding carboxylic acids is 2. The highest BCUT2D eigenvalue weighted by Gasteiger charge is 2.35. The van der Waals surface area contributed by atoms with Gasteiger partial charge in [0, 0.05) is 17.9 Å². The molecule has 0 bridgehead atoms. The van der Waals surface area contributed by atoms with E-state index in [9.17, 15) is 14.4 Å². The first-order valence-corrected chi connectivity index (χ1v) is 9.46. The monoisotopic (exact) mass is 364 g/mol. The van der Waals surface area contributed by atoms with Crippen molar-refractivity contribution in [2.45, 2.75) is 33.2 Å². The Morgan fingerprint density at radius 1 is 1.28 bits per heavy atom. The van der Waals surface area contributed by atoms with Gasteiger partial charge in [0.2, 0.25) is 5.91 Å². The molecule has 1 aliphatic rings. The molecule has 1 fully saturated rings. The molecule has 2 N–H and O–H groups in total. The number of hydrogen-bond donors (Lipinski definition) is 2. The average Bonchev–Trinajstić information content (AvgIpc) is 3.02. The van der Waals surface area contributed by atoms with Gasteiger partial charge in [-0.2, -0.15) is 0 Å². The van der Waals surface area contributed by atoms with E-state index in [1.54, 1.807) is 13.0 Å². The van der Waals surface area contributed by atoms with E-state index in [1.807, 2.05) is 0 Å². The minimum Gasteiger partial charge on any atom is -0.478 e. The Morgan fingerprint density at radius 3 is 2.60 bits per heavy atom. The topological polar surface area (TPSA) is 86.7 Å². The molecule has 2 amide bonds. The molecule has 0 saturated carbocycles. The van der Waals surface area contributed by atoms with Gasteiger partial charge in [-0.3, -0.25) is 9.59 Å². The highest BCUT2D eigenvalue weighted by Crippen LogP contribution is 2.24. The van der Waals surface area contributed by atoms with Crippen LogP contribution in [0.15, 0.2) is 18.2 Å². The maximum Gasteiger partial charge on any atom is 0.335 e. The standard InChI is InChI=1S/C18H24N2O4S/c1-11(2)4-5-19-16(21)15-9-25-10-20(15)17(22)13-6-12(3)7-14(8-13)18(23)24/h6-8,11,15H,4-5,9-10H2,1-3H3,(H,19,21)(H,23,24). The van der Waals surface area contributed by atoms with E-state index in [0.717, 1.165) is 6.42 Å². The van der Waals surface area contributed by atoms with Crippen LogP contribution in [0.2, 0.25) is 0 Å². The van der Waals surface area contributed by atoms with E-state index >= 15 is 0 Å². The van der Waals surface area contributed by atoms with E-state index < -0.39 is 12.0 Å². The van der Waals surface area contributed by atoms with Crippen LogP contribution in [0.3, 0.4) is 0 Å². The Labute approximate surface area is 152 Å². The first kappa shape index (κ1) is 19.3. The van der Waals surface area contributed by atoms with E-state index in [2.05, 4.69) is 19.2 Å². The number of rotatable bonds is 6. The summed E-state index contributed by atoms with van der Waals surface area (Å²) in [4.78, 5) is 37.9. The number of nitrogens with zero attached hydrogens (tertiary/aromatic N) is 1. The van der Waals surface area contributed by atoms with Crippen LogP contribution in [-0.4, -0.2) is 52.0 Å². The molecule has 25 heavy (non-hydrogen) atoms. The molecule has 1 aromatic rings. The molecule has 1 saturated heterocycles. The van der Waals surface area contributed by atoms with E-state index in [-0.39, 0.29) is 17.4 Å². The summed E-state index contributed by atoms with van der Waals surface area (Å²) in [5.74, 6) is -0.0477. The number of carbonyl (C=O) groups is 3. The van der Waals surface area contributed by atoms with Crippen molar-refractivity contribution in [2.24, 2.45) is 5.92 Å². The number of benzene rings is 1. The van der Waals surface area contributed by atoms with Crippen LogP contribution >= 0.6 is 11.8 Å². The molecule has 1 aliphatic heterocycles. The van der Waals surface area contributed by atoms with Crippen LogP contribution in [0.1, 0.15) is 46.5 Å². The fraction of sp³-hybridized carbons (Fsp3) is 0.500.